The summed E-state index contributed by atoms with van der Waals surface area (Å²) < 4.78 is 17.3. The molecule has 2 unspecified atom stereocenters. The molecular weight excluding hydrogens is 452 g/mol. The van der Waals surface area contributed by atoms with Crippen molar-refractivity contribution in [3.8, 4) is 11.5 Å². The van der Waals surface area contributed by atoms with Crippen LogP contribution in [0.4, 0.5) is 0 Å². The average Bonchev–Trinajstić information content (AvgIpc) is 2.83. The summed E-state index contributed by atoms with van der Waals surface area (Å²) in [5.74, 6) is 1.85. The van der Waals surface area contributed by atoms with E-state index in [0.29, 0.717) is 46.8 Å². The number of morpholine rings is 1. The van der Waals surface area contributed by atoms with Gasteiger partial charge in [0.1, 0.15) is 6.61 Å². The molecule has 0 radical (unpaired) electrons. The van der Waals surface area contributed by atoms with Crippen molar-refractivity contribution in [2.45, 2.75) is 45.5 Å². The second-order valence-electron chi connectivity index (χ2n) is 9.49. The molecule has 2 aliphatic rings. The van der Waals surface area contributed by atoms with E-state index in [2.05, 4.69) is 18.7 Å². The summed E-state index contributed by atoms with van der Waals surface area (Å²) in [7, 11) is 1.59. The number of likely N-dealkylation sites (tertiary alicyclic amines) is 1. The zero-order valence-electron chi connectivity index (χ0n) is 20.3. The minimum atomic E-state index is 0.0506. The van der Waals surface area contributed by atoms with Gasteiger partial charge in [-0.25, -0.2) is 0 Å². The molecule has 0 N–H and O–H groups in total. The number of carbonyl (C=O) groups excluding carboxylic acids is 1. The molecule has 2 aliphatic heterocycles. The van der Waals surface area contributed by atoms with Gasteiger partial charge in [0.25, 0.3) is 5.91 Å². The standard InChI is InChI=1S/C27H35ClN2O4/c1-19-15-29(16-20(2)34-19)17-21-10-12-30(13-11-21)27(31)23-6-9-25(26(14-23)32-3)33-18-22-4-7-24(28)8-5-22/h4-9,14,19-21H,10-13,15-18H2,1-3H3. The Morgan fingerprint density at radius 3 is 2.35 bits per heavy atom. The molecule has 0 aliphatic carbocycles. The molecule has 2 fully saturated rings. The van der Waals surface area contributed by atoms with Crippen molar-refractivity contribution in [3.63, 3.8) is 0 Å². The number of carbonyl (C=O) groups is 1. The molecule has 0 spiro atoms. The fourth-order valence-corrected chi connectivity index (χ4v) is 5.09. The van der Waals surface area contributed by atoms with Crippen LogP contribution in [0, 0.1) is 5.92 Å². The number of nitrogens with zero attached hydrogens (tertiary/aromatic N) is 2. The molecule has 6 nitrogen and oxygen atoms in total. The number of ether oxygens (including phenoxy) is 3. The molecule has 0 bridgehead atoms. The maximum absolute atomic E-state index is 13.2. The predicted octanol–water partition coefficient (Wildman–Crippen LogP) is 4.89. The van der Waals surface area contributed by atoms with Crippen molar-refractivity contribution in [1.29, 1.82) is 0 Å². The lowest BCUT2D eigenvalue weighted by molar-refractivity contribution is -0.0728. The van der Waals surface area contributed by atoms with Gasteiger partial charge in [-0.2, -0.15) is 0 Å². The first-order valence-corrected chi connectivity index (χ1v) is 12.5. The molecule has 2 aromatic rings. The molecule has 184 valence electrons. The second kappa shape index (κ2) is 11.4. The van der Waals surface area contributed by atoms with Crippen LogP contribution < -0.4 is 9.47 Å². The van der Waals surface area contributed by atoms with E-state index < -0.39 is 0 Å². The summed E-state index contributed by atoms with van der Waals surface area (Å²) in [4.78, 5) is 17.6. The van der Waals surface area contributed by atoms with E-state index in [4.69, 9.17) is 25.8 Å². The minimum absolute atomic E-state index is 0.0506. The van der Waals surface area contributed by atoms with Crippen molar-refractivity contribution >= 4 is 17.5 Å². The summed E-state index contributed by atoms with van der Waals surface area (Å²) in [6.07, 6.45) is 2.65. The zero-order chi connectivity index (χ0) is 24.1. The van der Waals surface area contributed by atoms with Crippen LogP contribution in [0.2, 0.25) is 5.02 Å². The van der Waals surface area contributed by atoms with E-state index in [1.54, 1.807) is 13.2 Å². The van der Waals surface area contributed by atoms with E-state index in [1.165, 1.54) is 0 Å². The SMILES string of the molecule is COc1cc(C(=O)N2CCC(CN3CC(C)OC(C)C3)CC2)ccc1OCc1ccc(Cl)cc1. The molecule has 2 saturated heterocycles. The highest BCUT2D eigenvalue weighted by Gasteiger charge is 2.28. The van der Waals surface area contributed by atoms with Gasteiger partial charge >= 0.3 is 0 Å². The predicted molar refractivity (Wildman–Crippen MR) is 134 cm³/mol. The lowest BCUT2D eigenvalue weighted by Gasteiger charge is -2.39. The topological polar surface area (TPSA) is 51.2 Å². The molecule has 34 heavy (non-hydrogen) atoms. The van der Waals surface area contributed by atoms with Crippen LogP contribution in [-0.4, -0.2) is 67.7 Å². The molecular formula is C27H35ClN2O4. The smallest absolute Gasteiger partial charge is 0.253 e. The number of rotatable bonds is 7. The third-order valence-electron chi connectivity index (χ3n) is 6.63. The summed E-state index contributed by atoms with van der Waals surface area (Å²) in [5.41, 5.74) is 1.64. The quantitative estimate of drug-likeness (QED) is 0.557. The van der Waals surface area contributed by atoms with E-state index >= 15 is 0 Å². The first kappa shape index (κ1) is 24.8. The van der Waals surface area contributed by atoms with Crippen molar-refractivity contribution in [2.24, 2.45) is 5.92 Å². The molecule has 2 atom stereocenters. The molecule has 7 heteroatoms. The van der Waals surface area contributed by atoms with Gasteiger partial charge in [-0.05, 0) is 68.5 Å². The van der Waals surface area contributed by atoms with Gasteiger partial charge in [-0.15, -0.1) is 0 Å². The molecule has 2 aromatic carbocycles. The van der Waals surface area contributed by atoms with Crippen LogP contribution in [0.5, 0.6) is 11.5 Å². The third-order valence-corrected chi connectivity index (χ3v) is 6.88. The molecule has 2 heterocycles. The Hall–Kier alpha value is -2.28. The number of methoxy groups -OCH3 is 1. The Bertz CT molecular complexity index is 950. The van der Waals surface area contributed by atoms with E-state index in [9.17, 15) is 4.79 Å². The number of hydrogen-bond acceptors (Lipinski definition) is 5. The van der Waals surface area contributed by atoms with Gasteiger partial charge in [0.05, 0.1) is 19.3 Å². The first-order chi connectivity index (χ1) is 16.4. The third kappa shape index (κ3) is 6.44. The fourth-order valence-electron chi connectivity index (χ4n) is 4.96. The summed E-state index contributed by atoms with van der Waals surface area (Å²) >= 11 is 5.95. The summed E-state index contributed by atoms with van der Waals surface area (Å²) in [6.45, 7) is 9.35. The highest BCUT2D eigenvalue weighted by molar-refractivity contribution is 6.30. The van der Waals surface area contributed by atoms with Gasteiger partial charge in [0.2, 0.25) is 0 Å². The number of hydrogen-bond donors (Lipinski definition) is 0. The zero-order valence-corrected chi connectivity index (χ0v) is 21.1. The Morgan fingerprint density at radius 1 is 1.03 bits per heavy atom. The number of benzene rings is 2. The highest BCUT2D eigenvalue weighted by atomic mass is 35.5. The van der Waals surface area contributed by atoms with E-state index in [0.717, 1.165) is 51.1 Å². The van der Waals surface area contributed by atoms with Gasteiger partial charge in [-0.1, -0.05) is 23.7 Å². The van der Waals surface area contributed by atoms with Crippen LogP contribution in [0.25, 0.3) is 0 Å². The van der Waals surface area contributed by atoms with Crippen LogP contribution in [0.15, 0.2) is 42.5 Å². The van der Waals surface area contributed by atoms with Crippen molar-refractivity contribution in [1.82, 2.24) is 9.80 Å². The van der Waals surface area contributed by atoms with Gasteiger partial charge in [-0.3, -0.25) is 9.69 Å². The van der Waals surface area contributed by atoms with Crippen LogP contribution in [0.1, 0.15) is 42.6 Å². The fraction of sp³-hybridized carbons (Fsp3) is 0.519. The monoisotopic (exact) mass is 486 g/mol. The molecule has 4 rings (SSSR count). The average molecular weight is 487 g/mol. The molecule has 0 saturated carbocycles. The van der Waals surface area contributed by atoms with Crippen molar-refractivity contribution in [3.05, 3.63) is 58.6 Å². The Kier molecular flexibility index (Phi) is 8.35. The lowest BCUT2D eigenvalue weighted by Crippen LogP contribution is -2.48. The van der Waals surface area contributed by atoms with E-state index in [1.807, 2.05) is 41.3 Å². The van der Waals surface area contributed by atoms with Crippen molar-refractivity contribution < 1.29 is 19.0 Å². The Morgan fingerprint density at radius 2 is 1.71 bits per heavy atom. The first-order valence-electron chi connectivity index (χ1n) is 12.1. The summed E-state index contributed by atoms with van der Waals surface area (Å²) in [5, 5.41) is 0.693. The van der Waals surface area contributed by atoms with Crippen molar-refractivity contribution in [2.75, 3.05) is 39.8 Å². The van der Waals surface area contributed by atoms with Gasteiger partial charge in [0, 0.05) is 43.3 Å². The minimum Gasteiger partial charge on any atom is -0.493 e. The Labute approximate surface area is 207 Å². The van der Waals surface area contributed by atoms with Gasteiger partial charge in [0.15, 0.2) is 11.5 Å². The van der Waals surface area contributed by atoms with Crippen LogP contribution in [0.3, 0.4) is 0 Å². The Balaban J connectivity index is 1.31. The number of halogens is 1. The van der Waals surface area contributed by atoms with E-state index in [-0.39, 0.29) is 5.91 Å². The highest BCUT2D eigenvalue weighted by Crippen LogP contribution is 2.30. The number of piperidine rings is 1. The normalized spacial score (nSPS) is 21.9. The molecule has 0 aromatic heterocycles. The second-order valence-corrected chi connectivity index (χ2v) is 9.93. The lowest BCUT2D eigenvalue weighted by atomic mass is 9.95. The molecule has 1 amide bonds. The summed E-state index contributed by atoms with van der Waals surface area (Å²) in [6, 6.07) is 12.9. The van der Waals surface area contributed by atoms with Gasteiger partial charge < -0.3 is 19.1 Å². The van der Waals surface area contributed by atoms with Crippen LogP contribution >= 0.6 is 11.6 Å². The van der Waals surface area contributed by atoms with Crippen LogP contribution in [-0.2, 0) is 11.3 Å². The largest absolute Gasteiger partial charge is 0.493 e. The maximum atomic E-state index is 13.2. The number of amides is 1. The maximum Gasteiger partial charge on any atom is 0.253 e.